The van der Waals surface area contributed by atoms with E-state index in [2.05, 4.69) is 53.6 Å². The van der Waals surface area contributed by atoms with E-state index in [0.717, 1.165) is 25.2 Å². The Bertz CT molecular complexity index is 590. The van der Waals surface area contributed by atoms with Crippen LogP contribution in [0.4, 0.5) is 5.69 Å². The largest absolute Gasteiger partial charge is 0.343 e. The van der Waals surface area contributed by atoms with Gasteiger partial charge in [0.25, 0.3) is 0 Å². The molecule has 18 heavy (non-hydrogen) atoms. The molecule has 0 radical (unpaired) electrons. The lowest BCUT2D eigenvalue weighted by atomic mass is 9.97. The van der Waals surface area contributed by atoms with E-state index in [1.807, 2.05) is 0 Å². The van der Waals surface area contributed by atoms with Crippen LogP contribution in [0.5, 0.6) is 0 Å². The summed E-state index contributed by atoms with van der Waals surface area (Å²) in [5.41, 5.74) is 2.65. The fourth-order valence-electron chi connectivity index (χ4n) is 2.44. The van der Waals surface area contributed by atoms with Gasteiger partial charge in [-0.15, -0.1) is 24.0 Å². The SMILES string of the molecule is CCN=C1CCc2ccc3ccccc3c2N1.I. The van der Waals surface area contributed by atoms with Crippen LogP contribution in [0.15, 0.2) is 41.4 Å². The molecule has 0 unspecified atom stereocenters. The summed E-state index contributed by atoms with van der Waals surface area (Å²) < 4.78 is 0. The minimum Gasteiger partial charge on any atom is -0.343 e. The van der Waals surface area contributed by atoms with Crippen LogP contribution in [0, 0.1) is 0 Å². The number of halogens is 1. The second-order valence-corrected chi connectivity index (χ2v) is 4.37. The monoisotopic (exact) mass is 352 g/mol. The van der Waals surface area contributed by atoms with Crippen molar-refractivity contribution in [3.05, 3.63) is 42.0 Å². The van der Waals surface area contributed by atoms with E-state index in [-0.39, 0.29) is 24.0 Å². The van der Waals surface area contributed by atoms with E-state index in [4.69, 9.17) is 0 Å². The smallest absolute Gasteiger partial charge is 0.101 e. The summed E-state index contributed by atoms with van der Waals surface area (Å²) in [6.45, 7) is 2.93. The zero-order chi connectivity index (χ0) is 11.7. The Labute approximate surface area is 125 Å². The number of benzene rings is 2. The Kier molecular flexibility index (Phi) is 4.22. The van der Waals surface area contributed by atoms with Crippen molar-refractivity contribution >= 4 is 46.3 Å². The fraction of sp³-hybridized carbons (Fsp3) is 0.267. The molecule has 2 nitrogen and oxygen atoms in total. The second kappa shape index (κ2) is 5.69. The molecule has 0 atom stereocenters. The Balaban J connectivity index is 0.00000120. The molecule has 2 aromatic rings. The first-order valence-corrected chi connectivity index (χ1v) is 6.19. The lowest BCUT2D eigenvalue weighted by molar-refractivity contribution is 0.989. The van der Waals surface area contributed by atoms with Gasteiger partial charge in [0, 0.05) is 18.4 Å². The van der Waals surface area contributed by atoms with Crippen LogP contribution >= 0.6 is 24.0 Å². The molecule has 0 saturated carbocycles. The highest BCUT2D eigenvalue weighted by molar-refractivity contribution is 14.0. The summed E-state index contributed by atoms with van der Waals surface area (Å²) in [5.74, 6) is 1.12. The van der Waals surface area contributed by atoms with Gasteiger partial charge in [0.05, 0.1) is 5.69 Å². The molecule has 1 aliphatic rings. The van der Waals surface area contributed by atoms with Gasteiger partial charge in [-0.2, -0.15) is 0 Å². The van der Waals surface area contributed by atoms with E-state index in [1.165, 1.54) is 22.0 Å². The first-order valence-electron chi connectivity index (χ1n) is 6.19. The topological polar surface area (TPSA) is 24.4 Å². The third-order valence-electron chi connectivity index (χ3n) is 3.26. The van der Waals surface area contributed by atoms with Crippen LogP contribution in [0.1, 0.15) is 18.9 Å². The maximum Gasteiger partial charge on any atom is 0.101 e. The number of rotatable bonds is 1. The molecule has 0 aliphatic carbocycles. The van der Waals surface area contributed by atoms with Crippen LogP contribution in [0.25, 0.3) is 10.8 Å². The molecule has 1 heterocycles. The Morgan fingerprint density at radius 3 is 2.78 bits per heavy atom. The molecule has 1 N–H and O–H groups in total. The van der Waals surface area contributed by atoms with E-state index in [0.29, 0.717) is 0 Å². The zero-order valence-corrected chi connectivity index (χ0v) is 12.8. The van der Waals surface area contributed by atoms with E-state index >= 15 is 0 Å². The van der Waals surface area contributed by atoms with Crippen molar-refractivity contribution in [3.8, 4) is 0 Å². The van der Waals surface area contributed by atoms with E-state index in [1.54, 1.807) is 0 Å². The predicted molar refractivity (Wildman–Crippen MR) is 89.3 cm³/mol. The third-order valence-corrected chi connectivity index (χ3v) is 3.26. The van der Waals surface area contributed by atoms with Crippen molar-refractivity contribution in [2.24, 2.45) is 4.99 Å². The highest BCUT2D eigenvalue weighted by Crippen LogP contribution is 2.31. The molecule has 0 spiro atoms. The van der Waals surface area contributed by atoms with Crippen LogP contribution in [-0.4, -0.2) is 12.4 Å². The molecule has 0 bridgehead atoms. The molecular weight excluding hydrogens is 335 g/mol. The number of anilines is 1. The number of fused-ring (bicyclic) bond motifs is 3. The number of hydrogen-bond donors (Lipinski definition) is 1. The zero-order valence-electron chi connectivity index (χ0n) is 10.4. The van der Waals surface area contributed by atoms with Crippen LogP contribution in [0.3, 0.4) is 0 Å². The Hall–Kier alpha value is -1.10. The van der Waals surface area contributed by atoms with Gasteiger partial charge in [0.15, 0.2) is 0 Å². The molecule has 0 aromatic heterocycles. The first-order chi connectivity index (χ1) is 8.38. The molecule has 1 aliphatic heterocycles. The Morgan fingerprint density at radius 1 is 1.11 bits per heavy atom. The molecule has 0 fully saturated rings. The van der Waals surface area contributed by atoms with Crippen molar-refractivity contribution in [2.45, 2.75) is 19.8 Å². The minimum atomic E-state index is 0. The molecule has 94 valence electrons. The van der Waals surface area contributed by atoms with Crippen molar-refractivity contribution in [1.82, 2.24) is 0 Å². The number of aryl methyl sites for hydroxylation is 1. The number of nitrogens with one attached hydrogen (secondary N) is 1. The molecule has 3 heteroatoms. The number of aliphatic imine (C=N–C) groups is 1. The van der Waals surface area contributed by atoms with Gasteiger partial charge >= 0.3 is 0 Å². The predicted octanol–water partition coefficient (Wildman–Crippen LogP) is 4.23. The highest BCUT2D eigenvalue weighted by atomic mass is 127. The quantitative estimate of drug-likeness (QED) is 0.763. The fourth-order valence-corrected chi connectivity index (χ4v) is 2.44. The summed E-state index contributed by atoms with van der Waals surface area (Å²) >= 11 is 0. The summed E-state index contributed by atoms with van der Waals surface area (Å²) in [4.78, 5) is 4.49. The normalized spacial score (nSPS) is 15.9. The molecular formula is C15H17IN2. The van der Waals surface area contributed by atoms with Gasteiger partial charge in [0.1, 0.15) is 5.84 Å². The maximum absolute atomic E-state index is 4.49. The summed E-state index contributed by atoms with van der Waals surface area (Å²) in [6, 6.07) is 12.9. The second-order valence-electron chi connectivity index (χ2n) is 4.37. The highest BCUT2D eigenvalue weighted by Gasteiger charge is 2.15. The van der Waals surface area contributed by atoms with Gasteiger partial charge in [-0.1, -0.05) is 36.4 Å². The summed E-state index contributed by atoms with van der Waals surface area (Å²) in [7, 11) is 0. The van der Waals surface area contributed by atoms with Gasteiger partial charge in [0.2, 0.25) is 0 Å². The average Bonchev–Trinajstić information content (AvgIpc) is 2.39. The molecule has 3 rings (SSSR count). The number of amidine groups is 1. The first kappa shape index (κ1) is 13.3. The minimum absolute atomic E-state index is 0. The van der Waals surface area contributed by atoms with Crippen molar-refractivity contribution in [1.29, 1.82) is 0 Å². The lowest BCUT2D eigenvalue weighted by Gasteiger charge is -2.21. The summed E-state index contributed by atoms with van der Waals surface area (Å²) in [5, 5.41) is 6.08. The van der Waals surface area contributed by atoms with Gasteiger partial charge in [-0.25, -0.2) is 0 Å². The van der Waals surface area contributed by atoms with Gasteiger partial charge in [-0.3, -0.25) is 4.99 Å². The van der Waals surface area contributed by atoms with E-state index in [9.17, 15) is 0 Å². The van der Waals surface area contributed by atoms with Gasteiger partial charge in [-0.05, 0) is 24.3 Å². The number of nitrogens with zero attached hydrogens (tertiary/aromatic N) is 1. The number of hydrogen-bond acceptors (Lipinski definition) is 1. The van der Waals surface area contributed by atoms with Crippen molar-refractivity contribution in [2.75, 3.05) is 11.9 Å². The van der Waals surface area contributed by atoms with Crippen molar-refractivity contribution in [3.63, 3.8) is 0 Å². The van der Waals surface area contributed by atoms with Crippen molar-refractivity contribution < 1.29 is 0 Å². The summed E-state index contributed by atoms with van der Waals surface area (Å²) in [6.07, 6.45) is 2.12. The Morgan fingerprint density at radius 2 is 1.94 bits per heavy atom. The van der Waals surface area contributed by atoms with Crippen LogP contribution in [-0.2, 0) is 6.42 Å². The van der Waals surface area contributed by atoms with Gasteiger partial charge < -0.3 is 5.32 Å². The maximum atomic E-state index is 4.49. The molecule has 2 aromatic carbocycles. The average molecular weight is 352 g/mol. The van der Waals surface area contributed by atoms with Crippen LogP contribution in [0.2, 0.25) is 0 Å². The lowest BCUT2D eigenvalue weighted by Crippen LogP contribution is -2.20. The van der Waals surface area contributed by atoms with Crippen LogP contribution < -0.4 is 5.32 Å². The molecule has 0 amide bonds. The van der Waals surface area contributed by atoms with E-state index < -0.39 is 0 Å². The molecule has 0 saturated heterocycles. The third kappa shape index (κ3) is 2.36. The standard InChI is InChI=1S/C15H16N2.HI/c1-2-16-14-10-9-12-8-7-11-5-3-4-6-13(11)15(12)17-14;/h3-8H,2,9-10H2,1H3,(H,16,17);1H.